The lowest BCUT2D eigenvalue weighted by atomic mass is 9.86. The van der Waals surface area contributed by atoms with Crippen molar-refractivity contribution < 1.29 is 28.8 Å². The number of rotatable bonds is 8. The summed E-state index contributed by atoms with van der Waals surface area (Å²) >= 11 is 0. The van der Waals surface area contributed by atoms with Gasteiger partial charge in [-0.3, -0.25) is 14.8 Å². The highest BCUT2D eigenvalue weighted by molar-refractivity contribution is 5.98. The quantitative estimate of drug-likeness (QED) is 0.370. The van der Waals surface area contributed by atoms with E-state index in [-0.39, 0.29) is 30.0 Å². The van der Waals surface area contributed by atoms with Crippen LogP contribution in [0.4, 0.5) is 10.1 Å². The number of benzene rings is 2. The van der Waals surface area contributed by atoms with Crippen LogP contribution in [0.1, 0.15) is 68.3 Å². The Labute approximate surface area is 222 Å². The Bertz CT molecular complexity index is 1260. The van der Waals surface area contributed by atoms with Gasteiger partial charge in [0.1, 0.15) is 23.4 Å². The molecule has 204 valence electrons. The van der Waals surface area contributed by atoms with Gasteiger partial charge in [0, 0.05) is 25.1 Å². The van der Waals surface area contributed by atoms with Crippen molar-refractivity contribution in [3.05, 3.63) is 70.2 Å². The zero-order chi connectivity index (χ0) is 27.6. The van der Waals surface area contributed by atoms with Crippen LogP contribution < -0.4 is 10.1 Å². The molecule has 0 saturated carbocycles. The molecule has 0 unspecified atom stereocenters. The van der Waals surface area contributed by atoms with E-state index in [1.54, 1.807) is 31.1 Å². The molecule has 2 aliphatic rings. The molecule has 0 aromatic heterocycles. The van der Waals surface area contributed by atoms with Crippen LogP contribution in [0.3, 0.4) is 0 Å². The maximum absolute atomic E-state index is 15.1. The molecule has 0 bridgehead atoms. The van der Waals surface area contributed by atoms with Crippen LogP contribution in [0, 0.1) is 5.82 Å². The third-order valence-electron chi connectivity index (χ3n) is 7.44. The average Bonchev–Trinajstić information content (AvgIpc) is 3.19. The van der Waals surface area contributed by atoms with E-state index >= 15 is 4.39 Å². The van der Waals surface area contributed by atoms with Gasteiger partial charge in [-0.25, -0.2) is 4.39 Å². The Kier molecular flexibility index (Phi) is 8.08. The van der Waals surface area contributed by atoms with Crippen LogP contribution in [0.25, 0.3) is 0 Å². The number of amides is 2. The number of ether oxygens (including phenoxy) is 1. The molecular weight excluding hydrogens is 489 g/mol. The molecule has 0 radical (unpaired) electrons. The Morgan fingerprint density at radius 2 is 1.97 bits per heavy atom. The molecule has 8 nitrogen and oxygen atoms in total. The maximum Gasteiger partial charge on any atom is 0.251 e. The van der Waals surface area contributed by atoms with Crippen LogP contribution in [0.5, 0.6) is 5.75 Å². The monoisotopic (exact) mass is 525 g/mol. The molecule has 0 fully saturated rings. The fourth-order valence-corrected chi connectivity index (χ4v) is 5.54. The minimum Gasteiger partial charge on any atom is -0.497 e. The third-order valence-corrected chi connectivity index (χ3v) is 7.44. The van der Waals surface area contributed by atoms with Gasteiger partial charge in [0.15, 0.2) is 0 Å². The predicted octanol–water partition coefficient (Wildman–Crippen LogP) is 5.06. The molecule has 1 atom stereocenters. The van der Waals surface area contributed by atoms with Crippen LogP contribution >= 0.6 is 0 Å². The number of halogens is 1. The van der Waals surface area contributed by atoms with Crippen molar-refractivity contribution in [2.45, 2.75) is 64.3 Å². The molecule has 2 aromatic rings. The number of carbonyl (C=O) groups excluding carboxylic acids is 2. The number of methoxy groups -OCH3 is 1. The highest BCUT2D eigenvalue weighted by Gasteiger charge is 2.37. The van der Waals surface area contributed by atoms with E-state index in [1.807, 2.05) is 32.0 Å². The van der Waals surface area contributed by atoms with Crippen molar-refractivity contribution in [3.63, 3.8) is 0 Å². The van der Waals surface area contributed by atoms with Gasteiger partial charge in [-0.05, 0) is 89.4 Å². The molecule has 0 saturated heterocycles. The summed E-state index contributed by atoms with van der Waals surface area (Å²) in [4.78, 5) is 33.9. The van der Waals surface area contributed by atoms with Gasteiger partial charge < -0.3 is 19.8 Å². The lowest BCUT2D eigenvalue weighted by Crippen LogP contribution is -2.45. The second-order valence-corrected chi connectivity index (χ2v) is 10.5. The van der Waals surface area contributed by atoms with E-state index in [1.165, 1.54) is 13.1 Å². The Hall–Kier alpha value is -3.43. The number of allylic oxidation sites excluding steroid dienone is 2. The van der Waals surface area contributed by atoms with Crippen LogP contribution in [0.15, 0.2) is 42.2 Å². The summed E-state index contributed by atoms with van der Waals surface area (Å²) in [7, 11) is 2.92. The third kappa shape index (κ3) is 5.68. The largest absolute Gasteiger partial charge is 0.497 e. The van der Waals surface area contributed by atoms with Gasteiger partial charge in [-0.15, -0.1) is 0 Å². The molecular formula is C29H36FN3O5. The standard InChI is InChI=1S/C29H36FN3O5/c1-6-21(38-32(4)36)8-10-25(34)33-14-12-18-16-22(37-5)7-9-23(18)27(33)28(35)31-20-15-19-11-13-29(2,3)26(19)24(30)17-20/h6-7,9,15-17,27,36H,8,10-14H2,1-5H3,(H,31,35)/b21-6-/t27-/m1/s1. The fraction of sp³-hybridized carbons (Fsp3) is 0.448. The van der Waals surface area contributed by atoms with E-state index in [0.29, 0.717) is 46.5 Å². The topological polar surface area (TPSA) is 91.3 Å². The second-order valence-electron chi connectivity index (χ2n) is 10.5. The van der Waals surface area contributed by atoms with E-state index < -0.39 is 11.9 Å². The normalized spacial score (nSPS) is 18.2. The molecule has 1 heterocycles. The van der Waals surface area contributed by atoms with Gasteiger partial charge in [0.05, 0.1) is 14.2 Å². The number of aryl methyl sites for hydroxylation is 1. The molecule has 2 N–H and O–H groups in total. The first-order valence-corrected chi connectivity index (χ1v) is 12.9. The summed E-state index contributed by atoms with van der Waals surface area (Å²) < 4.78 is 20.5. The van der Waals surface area contributed by atoms with E-state index in [9.17, 15) is 14.8 Å². The van der Waals surface area contributed by atoms with Gasteiger partial charge in [-0.1, -0.05) is 19.9 Å². The van der Waals surface area contributed by atoms with Crippen molar-refractivity contribution in [3.8, 4) is 5.75 Å². The molecule has 4 rings (SSSR count). The van der Waals surface area contributed by atoms with E-state index in [0.717, 1.165) is 24.0 Å². The minimum atomic E-state index is -0.889. The molecule has 1 aliphatic heterocycles. The van der Waals surface area contributed by atoms with Gasteiger partial charge in [-0.2, -0.15) is 0 Å². The number of anilines is 1. The van der Waals surface area contributed by atoms with Gasteiger partial charge in [0.2, 0.25) is 5.91 Å². The van der Waals surface area contributed by atoms with Crippen molar-refractivity contribution in [1.82, 2.24) is 10.1 Å². The number of hydrogen-bond acceptors (Lipinski definition) is 6. The minimum absolute atomic E-state index is 0.0886. The number of nitrogens with zero attached hydrogens (tertiary/aromatic N) is 2. The average molecular weight is 526 g/mol. The molecule has 2 aromatic carbocycles. The molecule has 0 spiro atoms. The first kappa shape index (κ1) is 27.6. The van der Waals surface area contributed by atoms with Crippen molar-refractivity contribution in [2.24, 2.45) is 0 Å². The SMILES string of the molecule is C/C=C(/CCC(=O)N1CCc2cc(OC)ccc2[C@@H]1C(=O)Nc1cc(F)c2c(c1)CCC2(C)C)ON(C)O. The van der Waals surface area contributed by atoms with E-state index in [2.05, 4.69) is 5.32 Å². The first-order chi connectivity index (χ1) is 18.0. The Morgan fingerprint density at radius 1 is 1.21 bits per heavy atom. The number of fused-ring (bicyclic) bond motifs is 2. The van der Waals surface area contributed by atoms with Crippen LogP contribution in [-0.4, -0.2) is 47.9 Å². The van der Waals surface area contributed by atoms with Crippen molar-refractivity contribution >= 4 is 17.5 Å². The van der Waals surface area contributed by atoms with Crippen molar-refractivity contribution in [2.75, 3.05) is 26.0 Å². The maximum atomic E-state index is 15.1. The molecule has 1 aliphatic carbocycles. The summed E-state index contributed by atoms with van der Waals surface area (Å²) in [6.45, 7) is 6.15. The smallest absolute Gasteiger partial charge is 0.251 e. The second kappa shape index (κ2) is 11.1. The van der Waals surface area contributed by atoms with Gasteiger partial charge in [0.25, 0.3) is 5.91 Å². The van der Waals surface area contributed by atoms with Crippen LogP contribution in [-0.2, 0) is 32.7 Å². The highest BCUT2D eigenvalue weighted by atomic mass is 19.1. The summed E-state index contributed by atoms with van der Waals surface area (Å²) in [6.07, 6.45) is 4.18. The highest BCUT2D eigenvalue weighted by Crippen LogP contribution is 2.41. The molecule has 38 heavy (non-hydrogen) atoms. The summed E-state index contributed by atoms with van der Waals surface area (Å²) in [5.74, 6) is 0.155. The zero-order valence-electron chi connectivity index (χ0n) is 22.6. The number of hydroxylamine groups is 2. The first-order valence-electron chi connectivity index (χ1n) is 12.9. The molecule has 2 amide bonds. The summed E-state index contributed by atoms with van der Waals surface area (Å²) in [5.41, 5.74) is 3.38. The van der Waals surface area contributed by atoms with Crippen LogP contribution in [0.2, 0.25) is 0 Å². The predicted molar refractivity (Wildman–Crippen MR) is 141 cm³/mol. The lowest BCUT2D eigenvalue weighted by molar-refractivity contribution is -0.301. The van der Waals surface area contributed by atoms with Crippen molar-refractivity contribution in [1.29, 1.82) is 0 Å². The Balaban J connectivity index is 1.61. The summed E-state index contributed by atoms with van der Waals surface area (Å²) in [5, 5.41) is 12.8. The zero-order valence-corrected chi connectivity index (χ0v) is 22.6. The fourth-order valence-electron chi connectivity index (χ4n) is 5.54. The number of nitrogens with one attached hydrogen (secondary N) is 1. The number of carbonyl (C=O) groups is 2. The van der Waals surface area contributed by atoms with E-state index in [4.69, 9.17) is 9.57 Å². The number of hydrogen-bond donors (Lipinski definition) is 2. The molecule has 9 heteroatoms. The van der Waals surface area contributed by atoms with Gasteiger partial charge >= 0.3 is 0 Å². The lowest BCUT2D eigenvalue weighted by Gasteiger charge is -2.36. The summed E-state index contributed by atoms with van der Waals surface area (Å²) in [6, 6.07) is 7.79. The Morgan fingerprint density at radius 3 is 2.66 bits per heavy atom.